The first-order valence-electron chi connectivity index (χ1n) is 6.70. The Morgan fingerprint density at radius 1 is 1.37 bits per heavy atom. The molecule has 104 valence electrons. The first-order chi connectivity index (χ1) is 9.05. The molecule has 0 heterocycles. The summed E-state index contributed by atoms with van der Waals surface area (Å²) in [4.78, 5) is 12.4. The third-order valence-electron chi connectivity index (χ3n) is 3.88. The van der Waals surface area contributed by atoms with Gasteiger partial charge in [-0.2, -0.15) is 0 Å². The fourth-order valence-electron chi connectivity index (χ4n) is 2.64. The van der Waals surface area contributed by atoms with Gasteiger partial charge in [0.2, 0.25) is 0 Å². The van der Waals surface area contributed by atoms with Gasteiger partial charge < -0.3 is 10.5 Å². The quantitative estimate of drug-likeness (QED) is 0.924. The van der Waals surface area contributed by atoms with E-state index in [0.29, 0.717) is 6.42 Å². The molecule has 1 aromatic rings. The van der Waals surface area contributed by atoms with Gasteiger partial charge in [0.25, 0.3) is 0 Å². The average molecular weight is 326 g/mol. The van der Waals surface area contributed by atoms with Gasteiger partial charge in [-0.05, 0) is 46.5 Å². The molecule has 0 spiro atoms. The molecule has 1 aromatic carbocycles. The summed E-state index contributed by atoms with van der Waals surface area (Å²) in [5.41, 5.74) is 6.63. The number of carbonyl (C=O) groups excluding carboxylic acids is 1. The molecule has 0 unspecified atom stereocenters. The molecule has 1 fully saturated rings. The van der Waals surface area contributed by atoms with Crippen LogP contribution in [0.3, 0.4) is 0 Å². The van der Waals surface area contributed by atoms with Crippen LogP contribution in [-0.2, 0) is 11.2 Å². The fraction of sp³-hybridized carbons (Fsp3) is 0.533. The van der Waals surface area contributed by atoms with Crippen molar-refractivity contribution in [3.05, 3.63) is 28.2 Å². The minimum atomic E-state index is -0.606. The maximum atomic E-state index is 12.4. The second-order valence-electron chi connectivity index (χ2n) is 5.29. The first-order valence-corrected chi connectivity index (χ1v) is 7.49. The van der Waals surface area contributed by atoms with E-state index < -0.39 is 5.54 Å². The lowest BCUT2D eigenvalue weighted by atomic mass is 9.78. The standard InChI is InChI=1S/C15H20BrNO2/c1-19-13-6-5-11(9-12(13)16)10-14(18)15(17)7-3-2-4-8-15/h5-6,9H,2-4,7-8,10,17H2,1H3. The summed E-state index contributed by atoms with van der Waals surface area (Å²) in [7, 11) is 1.63. The van der Waals surface area contributed by atoms with E-state index in [1.165, 1.54) is 6.42 Å². The minimum Gasteiger partial charge on any atom is -0.496 e. The molecule has 3 nitrogen and oxygen atoms in total. The third kappa shape index (κ3) is 3.37. The summed E-state index contributed by atoms with van der Waals surface area (Å²) >= 11 is 3.44. The van der Waals surface area contributed by atoms with Crippen molar-refractivity contribution >= 4 is 21.7 Å². The Kier molecular flexibility index (Phi) is 4.63. The van der Waals surface area contributed by atoms with Crippen LogP contribution in [0.25, 0.3) is 0 Å². The lowest BCUT2D eigenvalue weighted by Crippen LogP contribution is -2.50. The highest BCUT2D eigenvalue weighted by Gasteiger charge is 2.34. The van der Waals surface area contributed by atoms with Gasteiger partial charge in [-0.1, -0.05) is 25.3 Å². The Balaban J connectivity index is 2.08. The van der Waals surface area contributed by atoms with Crippen molar-refractivity contribution < 1.29 is 9.53 Å². The Labute approximate surface area is 122 Å². The van der Waals surface area contributed by atoms with Gasteiger partial charge in [0.05, 0.1) is 17.1 Å². The van der Waals surface area contributed by atoms with Crippen molar-refractivity contribution in [3.63, 3.8) is 0 Å². The van der Waals surface area contributed by atoms with Crippen LogP contribution in [0, 0.1) is 0 Å². The summed E-state index contributed by atoms with van der Waals surface area (Å²) < 4.78 is 6.05. The SMILES string of the molecule is COc1ccc(CC(=O)C2(N)CCCCC2)cc1Br. The van der Waals surface area contributed by atoms with E-state index in [1.54, 1.807) is 7.11 Å². The number of ketones is 1. The van der Waals surface area contributed by atoms with Crippen LogP contribution in [-0.4, -0.2) is 18.4 Å². The number of ether oxygens (including phenoxy) is 1. The number of halogens is 1. The van der Waals surface area contributed by atoms with Crippen molar-refractivity contribution in [2.45, 2.75) is 44.1 Å². The van der Waals surface area contributed by atoms with E-state index in [-0.39, 0.29) is 5.78 Å². The molecule has 19 heavy (non-hydrogen) atoms. The van der Waals surface area contributed by atoms with Gasteiger partial charge in [-0.15, -0.1) is 0 Å². The van der Waals surface area contributed by atoms with Crippen molar-refractivity contribution in [3.8, 4) is 5.75 Å². The van der Waals surface area contributed by atoms with Crippen LogP contribution in [0.5, 0.6) is 5.75 Å². The second-order valence-corrected chi connectivity index (χ2v) is 6.14. The fourth-order valence-corrected chi connectivity index (χ4v) is 3.23. The Bertz CT molecular complexity index is 467. The molecule has 2 rings (SSSR count). The van der Waals surface area contributed by atoms with E-state index >= 15 is 0 Å². The van der Waals surface area contributed by atoms with Gasteiger partial charge in [0, 0.05) is 6.42 Å². The summed E-state index contributed by atoms with van der Waals surface area (Å²) in [5, 5.41) is 0. The molecule has 0 radical (unpaired) electrons. The smallest absolute Gasteiger partial charge is 0.156 e. The zero-order valence-electron chi connectivity index (χ0n) is 11.2. The summed E-state index contributed by atoms with van der Waals surface area (Å²) in [6, 6.07) is 5.73. The normalized spacial score (nSPS) is 18.1. The van der Waals surface area contributed by atoms with E-state index in [4.69, 9.17) is 10.5 Å². The highest BCUT2D eigenvalue weighted by molar-refractivity contribution is 9.10. The zero-order valence-corrected chi connectivity index (χ0v) is 12.8. The van der Waals surface area contributed by atoms with Gasteiger partial charge in [0.15, 0.2) is 5.78 Å². The number of nitrogens with two attached hydrogens (primary N) is 1. The average Bonchev–Trinajstić information content (AvgIpc) is 2.40. The molecule has 0 aliphatic heterocycles. The highest BCUT2D eigenvalue weighted by Crippen LogP contribution is 2.29. The number of benzene rings is 1. The lowest BCUT2D eigenvalue weighted by Gasteiger charge is -2.31. The monoisotopic (exact) mass is 325 g/mol. The molecule has 2 N–H and O–H groups in total. The highest BCUT2D eigenvalue weighted by atomic mass is 79.9. The molecule has 1 saturated carbocycles. The molecular weight excluding hydrogens is 306 g/mol. The van der Waals surface area contributed by atoms with Crippen molar-refractivity contribution in [1.82, 2.24) is 0 Å². The molecule has 0 atom stereocenters. The van der Waals surface area contributed by atoms with Gasteiger partial charge >= 0.3 is 0 Å². The predicted octanol–water partition coefficient (Wildman–Crippen LogP) is 3.23. The van der Waals surface area contributed by atoms with Crippen LogP contribution >= 0.6 is 15.9 Å². The van der Waals surface area contributed by atoms with Crippen LogP contribution in [0.1, 0.15) is 37.7 Å². The van der Waals surface area contributed by atoms with E-state index in [1.807, 2.05) is 18.2 Å². The zero-order chi connectivity index (χ0) is 13.9. The molecule has 0 amide bonds. The number of hydrogen-bond acceptors (Lipinski definition) is 3. The molecule has 1 aliphatic rings. The number of methoxy groups -OCH3 is 1. The van der Waals surface area contributed by atoms with Crippen molar-refractivity contribution in [1.29, 1.82) is 0 Å². The summed E-state index contributed by atoms with van der Waals surface area (Å²) in [6.07, 6.45) is 5.37. The lowest BCUT2D eigenvalue weighted by molar-refractivity contribution is -0.124. The molecule has 4 heteroatoms. The Morgan fingerprint density at radius 2 is 2.05 bits per heavy atom. The summed E-state index contributed by atoms with van der Waals surface area (Å²) in [5.74, 6) is 0.931. The van der Waals surface area contributed by atoms with Gasteiger partial charge in [-0.3, -0.25) is 4.79 Å². The minimum absolute atomic E-state index is 0.157. The van der Waals surface area contributed by atoms with Gasteiger partial charge in [-0.25, -0.2) is 0 Å². The number of rotatable bonds is 4. The summed E-state index contributed by atoms with van der Waals surface area (Å²) in [6.45, 7) is 0. The molecule has 0 saturated heterocycles. The molecular formula is C15H20BrNO2. The second kappa shape index (κ2) is 6.06. The predicted molar refractivity (Wildman–Crippen MR) is 79.4 cm³/mol. The third-order valence-corrected chi connectivity index (χ3v) is 4.50. The number of hydrogen-bond donors (Lipinski definition) is 1. The number of carbonyl (C=O) groups is 1. The van der Waals surface area contributed by atoms with Gasteiger partial charge in [0.1, 0.15) is 5.75 Å². The van der Waals surface area contributed by atoms with E-state index in [2.05, 4.69) is 15.9 Å². The topological polar surface area (TPSA) is 52.3 Å². The van der Waals surface area contributed by atoms with Crippen LogP contribution in [0.4, 0.5) is 0 Å². The molecule has 1 aliphatic carbocycles. The van der Waals surface area contributed by atoms with Crippen LogP contribution in [0.2, 0.25) is 0 Å². The van der Waals surface area contributed by atoms with Crippen LogP contribution in [0.15, 0.2) is 22.7 Å². The first kappa shape index (κ1) is 14.5. The Hall–Kier alpha value is -0.870. The van der Waals surface area contributed by atoms with E-state index in [0.717, 1.165) is 41.5 Å². The maximum absolute atomic E-state index is 12.4. The van der Waals surface area contributed by atoms with E-state index in [9.17, 15) is 4.79 Å². The van der Waals surface area contributed by atoms with Crippen LogP contribution < -0.4 is 10.5 Å². The Morgan fingerprint density at radius 3 is 2.63 bits per heavy atom. The largest absolute Gasteiger partial charge is 0.496 e. The molecule has 0 aromatic heterocycles. The maximum Gasteiger partial charge on any atom is 0.156 e. The number of Topliss-reactive ketones (excluding diaryl/α,β-unsaturated/α-hetero) is 1. The van der Waals surface area contributed by atoms with Crippen molar-refractivity contribution in [2.24, 2.45) is 5.73 Å². The molecule has 0 bridgehead atoms. The van der Waals surface area contributed by atoms with Crippen molar-refractivity contribution in [2.75, 3.05) is 7.11 Å².